The summed E-state index contributed by atoms with van der Waals surface area (Å²) in [7, 11) is 0. The van der Waals surface area contributed by atoms with Gasteiger partial charge in [-0.3, -0.25) is 15.1 Å². The number of hydrogen-bond donors (Lipinski definition) is 1. The summed E-state index contributed by atoms with van der Waals surface area (Å²) in [5, 5.41) is 20.1. The fraction of sp³-hybridized carbons (Fsp3) is 0.154. The summed E-state index contributed by atoms with van der Waals surface area (Å²) in [4.78, 5) is 14.3. The number of rotatable bonds is 4. The molecule has 1 heterocycles. The normalized spacial score (nSPS) is 11.9. The van der Waals surface area contributed by atoms with Gasteiger partial charge in [0.25, 0.3) is 5.69 Å². The van der Waals surface area contributed by atoms with Crippen LogP contribution in [0.2, 0.25) is 0 Å². The van der Waals surface area contributed by atoms with Crippen LogP contribution in [0, 0.1) is 10.1 Å². The lowest BCUT2D eigenvalue weighted by atomic mass is 10.2. The van der Waals surface area contributed by atoms with Crippen molar-refractivity contribution in [2.24, 2.45) is 0 Å². The summed E-state index contributed by atoms with van der Waals surface area (Å²) in [6, 6.07) is 7.52. The van der Waals surface area contributed by atoms with Crippen LogP contribution in [0.15, 0.2) is 41.0 Å². The van der Waals surface area contributed by atoms with Gasteiger partial charge in [0.15, 0.2) is 0 Å². The first kappa shape index (κ1) is 14.4. The van der Waals surface area contributed by atoms with Crippen LogP contribution in [-0.2, 0) is 0 Å². The van der Waals surface area contributed by atoms with Gasteiger partial charge < -0.3 is 9.84 Å². The van der Waals surface area contributed by atoms with Gasteiger partial charge in [0.05, 0.1) is 33.5 Å². The Balaban J connectivity index is 2.25. The number of aromatic nitrogens is 1. The number of halogens is 1. The molecule has 0 aliphatic carbocycles. The Morgan fingerprint density at radius 1 is 1.40 bits per heavy atom. The van der Waals surface area contributed by atoms with E-state index in [9.17, 15) is 15.2 Å². The number of nitro benzene ring substituents is 1. The van der Waals surface area contributed by atoms with Gasteiger partial charge in [0, 0.05) is 6.07 Å². The highest BCUT2D eigenvalue weighted by Gasteiger charge is 2.11. The van der Waals surface area contributed by atoms with E-state index in [0.717, 1.165) is 0 Å². The Bertz CT molecular complexity index is 629. The zero-order chi connectivity index (χ0) is 14.7. The summed E-state index contributed by atoms with van der Waals surface area (Å²) in [6.45, 7) is 1.61. The van der Waals surface area contributed by atoms with E-state index in [1.165, 1.54) is 18.3 Å². The molecule has 0 saturated heterocycles. The number of hydrogen-bond acceptors (Lipinski definition) is 5. The standard InChI is InChI=1S/C13H11BrN2O4/c1-8(17)12-5-3-10(7-15-12)20-13-6-9(16(18)19)2-4-11(13)14/h2-8,17H,1H3/t8-/m1/s1. The average molecular weight is 339 g/mol. The lowest BCUT2D eigenvalue weighted by Crippen LogP contribution is -1.95. The van der Waals surface area contributed by atoms with Crippen molar-refractivity contribution >= 4 is 21.6 Å². The van der Waals surface area contributed by atoms with Crippen molar-refractivity contribution in [3.8, 4) is 11.5 Å². The molecule has 1 N–H and O–H groups in total. The predicted octanol–water partition coefficient (Wildman–Crippen LogP) is 3.60. The number of pyridine rings is 1. The first-order valence-corrected chi connectivity index (χ1v) is 6.52. The second-order valence-corrected chi connectivity index (χ2v) is 4.92. The van der Waals surface area contributed by atoms with Gasteiger partial charge in [0.2, 0.25) is 0 Å². The Hall–Kier alpha value is -1.99. The van der Waals surface area contributed by atoms with Crippen LogP contribution in [0.1, 0.15) is 18.7 Å². The fourth-order valence-corrected chi connectivity index (χ4v) is 1.84. The van der Waals surface area contributed by atoms with E-state index >= 15 is 0 Å². The molecule has 1 atom stereocenters. The molecule has 2 rings (SSSR count). The minimum absolute atomic E-state index is 0.0586. The molecule has 0 radical (unpaired) electrons. The van der Waals surface area contributed by atoms with Gasteiger partial charge in [-0.05, 0) is 41.1 Å². The van der Waals surface area contributed by atoms with Crippen LogP contribution in [0.25, 0.3) is 0 Å². The summed E-state index contributed by atoms with van der Waals surface area (Å²) < 4.78 is 6.14. The van der Waals surface area contributed by atoms with Crippen molar-refractivity contribution in [2.45, 2.75) is 13.0 Å². The van der Waals surface area contributed by atoms with Crippen LogP contribution in [0.5, 0.6) is 11.5 Å². The number of nitrogens with zero attached hydrogens (tertiary/aromatic N) is 2. The topological polar surface area (TPSA) is 85.5 Å². The molecule has 0 spiro atoms. The highest BCUT2D eigenvalue weighted by Crippen LogP contribution is 2.32. The van der Waals surface area contributed by atoms with E-state index in [-0.39, 0.29) is 5.69 Å². The molecule has 6 nitrogen and oxygen atoms in total. The monoisotopic (exact) mass is 338 g/mol. The Morgan fingerprint density at radius 3 is 2.70 bits per heavy atom. The fourth-order valence-electron chi connectivity index (χ4n) is 1.51. The molecule has 0 fully saturated rings. The Kier molecular flexibility index (Phi) is 4.31. The van der Waals surface area contributed by atoms with Gasteiger partial charge in [-0.25, -0.2) is 0 Å². The molecule has 20 heavy (non-hydrogen) atoms. The predicted molar refractivity (Wildman–Crippen MR) is 75.7 cm³/mol. The number of nitro groups is 1. The number of benzene rings is 1. The third-order valence-corrected chi connectivity index (χ3v) is 3.20. The smallest absolute Gasteiger partial charge is 0.273 e. The summed E-state index contributed by atoms with van der Waals surface area (Å²) >= 11 is 3.27. The molecule has 0 amide bonds. The van der Waals surface area contributed by atoms with E-state index in [1.54, 1.807) is 25.1 Å². The van der Waals surface area contributed by atoms with Gasteiger partial charge in [-0.1, -0.05) is 0 Å². The molecular weight excluding hydrogens is 328 g/mol. The van der Waals surface area contributed by atoms with Crippen molar-refractivity contribution < 1.29 is 14.8 Å². The highest BCUT2D eigenvalue weighted by atomic mass is 79.9. The molecule has 0 unspecified atom stereocenters. The van der Waals surface area contributed by atoms with Gasteiger partial charge in [-0.15, -0.1) is 0 Å². The molecule has 1 aromatic carbocycles. The van der Waals surface area contributed by atoms with Crippen molar-refractivity contribution in [1.29, 1.82) is 0 Å². The molecule has 0 aliphatic rings. The Labute approximate surface area is 123 Å². The molecule has 7 heteroatoms. The van der Waals surface area contributed by atoms with E-state index in [0.29, 0.717) is 21.7 Å². The lowest BCUT2D eigenvalue weighted by molar-refractivity contribution is -0.384. The minimum atomic E-state index is -0.659. The maximum atomic E-state index is 10.7. The van der Waals surface area contributed by atoms with Crippen molar-refractivity contribution in [2.75, 3.05) is 0 Å². The van der Waals surface area contributed by atoms with E-state index in [2.05, 4.69) is 20.9 Å². The number of non-ortho nitro benzene ring substituents is 1. The zero-order valence-electron chi connectivity index (χ0n) is 10.5. The van der Waals surface area contributed by atoms with Crippen LogP contribution >= 0.6 is 15.9 Å². The van der Waals surface area contributed by atoms with E-state index in [4.69, 9.17) is 4.74 Å². The number of ether oxygens (including phenoxy) is 1. The second kappa shape index (κ2) is 5.98. The van der Waals surface area contributed by atoms with Crippen LogP contribution in [0.3, 0.4) is 0 Å². The van der Waals surface area contributed by atoms with Crippen LogP contribution in [-0.4, -0.2) is 15.0 Å². The molecule has 0 aliphatic heterocycles. The molecule has 1 aromatic heterocycles. The number of aliphatic hydroxyl groups is 1. The summed E-state index contributed by atoms with van der Waals surface area (Å²) in [5.74, 6) is 0.751. The maximum absolute atomic E-state index is 10.7. The molecule has 2 aromatic rings. The van der Waals surface area contributed by atoms with Gasteiger partial charge in [-0.2, -0.15) is 0 Å². The van der Waals surface area contributed by atoms with Crippen molar-refractivity contribution in [3.05, 3.63) is 56.8 Å². The molecular formula is C13H11BrN2O4. The van der Waals surface area contributed by atoms with Crippen LogP contribution in [0.4, 0.5) is 5.69 Å². The van der Waals surface area contributed by atoms with E-state index < -0.39 is 11.0 Å². The lowest BCUT2D eigenvalue weighted by Gasteiger charge is -2.08. The van der Waals surface area contributed by atoms with Gasteiger partial charge >= 0.3 is 0 Å². The highest BCUT2D eigenvalue weighted by molar-refractivity contribution is 9.10. The molecule has 104 valence electrons. The van der Waals surface area contributed by atoms with Gasteiger partial charge in [0.1, 0.15) is 11.5 Å². The quantitative estimate of drug-likeness (QED) is 0.679. The van der Waals surface area contributed by atoms with Crippen LogP contribution < -0.4 is 4.74 Å². The molecule has 0 saturated carbocycles. The third kappa shape index (κ3) is 3.31. The molecule has 0 bridgehead atoms. The van der Waals surface area contributed by atoms with Crippen molar-refractivity contribution in [3.63, 3.8) is 0 Å². The summed E-state index contributed by atoms with van der Waals surface area (Å²) in [5.41, 5.74) is 0.465. The summed E-state index contributed by atoms with van der Waals surface area (Å²) in [6.07, 6.45) is 0.793. The SMILES string of the molecule is C[C@@H](O)c1ccc(Oc2cc([N+](=O)[O-])ccc2Br)cn1. The third-order valence-electron chi connectivity index (χ3n) is 2.54. The average Bonchev–Trinajstić information content (AvgIpc) is 2.41. The first-order valence-electron chi connectivity index (χ1n) is 5.73. The Morgan fingerprint density at radius 2 is 2.15 bits per heavy atom. The largest absolute Gasteiger partial charge is 0.454 e. The number of aliphatic hydroxyl groups excluding tert-OH is 1. The second-order valence-electron chi connectivity index (χ2n) is 4.07. The van der Waals surface area contributed by atoms with Crippen molar-refractivity contribution in [1.82, 2.24) is 4.98 Å². The first-order chi connectivity index (χ1) is 9.47. The minimum Gasteiger partial charge on any atom is -0.454 e. The van der Waals surface area contributed by atoms with E-state index in [1.807, 2.05) is 0 Å². The zero-order valence-corrected chi connectivity index (χ0v) is 12.1. The maximum Gasteiger partial charge on any atom is 0.273 e.